The van der Waals surface area contributed by atoms with Gasteiger partial charge in [0.25, 0.3) is 0 Å². The van der Waals surface area contributed by atoms with Gasteiger partial charge in [-0.2, -0.15) is 0 Å². The van der Waals surface area contributed by atoms with Crippen molar-refractivity contribution < 1.29 is 8.83 Å². The van der Waals surface area contributed by atoms with Crippen LogP contribution in [0.15, 0.2) is 227 Å². The van der Waals surface area contributed by atoms with Crippen molar-refractivity contribution >= 4 is 93.5 Å². The Morgan fingerprint density at radius 3 is 1.85 bits per heavy atom. The largest absolute Gasteiger partial charge is 0.456 e. The van der Waals surface area contributed by atoms with E-state index in [1.807, 2.05) is 12.1 Å². The molecular formula is C58H36N2O2. The molecule has 0 aliphatic rings. The molecule has 0 spiro atoms. The SMILES string of the molecule is c1ccc(-n2c3ccccc3c3cccc(-c4ccc(N(c5ccc(-c6cccc7ccccc67)cc5)c5ccc6c(c5)oc5ccccc56)c5c4oc4ccccc45)c32)cc1. The third kappa shape index (κ3) is 5.20. The van der Waals surface area contributed by atoms with Crippen LogP contribution >= 0.6 is 0 Å². The lowest BCUT2D eigenvalue weighted by Crippen LogP contribution is -2.10. The quantitative estimate of drug-likeness (QED) is 0.168. The topological polar surface area (TPSA) is 34.5 Å². The number of anilines is 3. The number of hydrogen-bond acceptors (Lipinski definition) is 3. The molecule has 3 heterocycles. The molecule has 0 atom stereocenters. The lowest BCUT2D eigenvalue weighted by molar-refractivity contribution is 0.669. The fraction of sp³-hybridized carbons (Fsp3) is 0. The summed E-state index contributed by atoms with van der Waals surface area (Å²) >= 11 is 0. The average Bonchev–Trinajstić information content (AvgIpc) is 4.02. The second kappa shape index (κ2) is 13.6. The minimum atomic E-state index is 0.836. The summed E-state index contributed by atoms with van der Waals surface area (Å²) in [6.45, 7) is 0. The maximum absolute atomic E-state index is 7.04. The second-order valence-corrected chi connectivity index (χ2v) is 16.0. The molecule has 10 aromatic carbocycles. The Morgan fingerprint density at radius 2 is 1.00 bits per heavy atom. The van der Waals surface area contributed by atoms with Gasteiger partial charge in [0, 0.05) is 61.2 Å². The van der Waals surface area contributed by atoms with Gasteiger partial charge in [-0.05, 0) is 88.6 Å². The minimum Gasteiger partial charge on any atom is -0.456 e. The molecule has 13 aromatic rings. The number of furan rings is 2. The molecular weight excluding hydrogens is 757 g/mol. The number of fused-ring (bicyclic) bond motifs is 10. The van der Waals surface area contributed by atoms with Crippen LogP contribution in [-0.2, 0) is 0 Å². The van der Waals surface area contributed by atoms with Crippen molar-refractivity contribution in [1.82, 2.24) is 4.57 Å². The lowest BCUT2D eigenvalue weighted by Gasteiger charge is -2.27. The summed E-state index contributed by atoms with van der Waals surface area (Å²) in [5.41, 5.74) is 14.3. The van der Waals surface area contributed by atoms with Gasteiger partial charge in [-0.25, -0.2) is 0 Å². The summed E-state index contributed by atoms with van der Waals surface area (Å²) in [5.74, 6) is 0. The molecule has 0 bridgehead atoms. The van der Waals surface area contributed by atoms with E-state index in [-0.39, 0.29) is 0 Å². The summed E-state index contributed by atoms with van der Waals surface area (Å²) < 4.78 is 16.0. The molecule has 62 heavy (non-hydrogen) atoms. The summed E-state index contributed by atoms with van der Waals surface area (Å²) in [5, 5.41) is 9.16. The van der Waals surface area contributed by atoms with Gasteiger partial charge in [0.1, 0.15) is 22.3 Å². The summed E-state index contributed by atoms with van der Waals surface area (Å²) in [7, 11) is 0. The van der Waals surface area contributed by atoms with Crippen LogP contribution < -0.4 is 4.90 Å². The summed E-state index contributed by atoms with van der Waals surface area (Å²) in [6.07, 6.45) is 0. The van der Waals surface area contributed by atoms with Crippen LogP contribution in [-0.4, -0.2) is 4.57 Å². The van der Waals surface area contributed by atoms with E-state index >= 15 is 0 Å². The van der Waals surface area contributed by atoms with Gasteiger partial charge in [0.05, 0.1) is 22.1 Å². The number of para-hydroxylation sites is 5. The molecule has 290 valence electrons. The zero-order valence-corrected chi connectivity index (χ0v) is 33.5. The van der Waals surface area contributed by atoms with Gasteiger partial charge in [-0.15, -0.1) is 0 Å². The average molecular weight is 793 g/mol. The van der Waals surface area contributed by atoms with Gasteiger partial charge in [-0.3, -0.25) is 0 Å². The first-order valence-electron chi connectivity index (χ1n) is 21.1. The monoisotopic (exact) mass is 792 g/mol. The molecule has 3 aromatic heterocycles. The molecule has 13 rings (SSSR count). The Balaban J connectivity index is 1.07. The highest BCUT2D eigenvalue weighted by Crippen LogP contribution is 2.49. The molecule has 0 aliphatic heterocycles. The Bertz CT molecular complexity index is 3870. The van der Waals surface area contributed by atoms with Crippen LogP contribution in [0.25, 0.3) is 104 Å². The van der Waals surface area contributed by atoms with E-state index in [4.69, 9.17) is 8.83 Å². The molecule has 4 heteroatoms. The van der Waals surface area contributed by atoms with E-state index in [0.717, 1.165) is 94.4 Å². The number of nitrogens with zero attached hydrogens (tertiary/aromatic N) is 2. The third-order valence-corrected chi connectivity index (χ3v) is 12.6. The molecule has 0 amide bonds. The predicted octanol–water partition coefficient (Wildman–Crippen LogP) is 16.5. The van der Waals surface area contributed by atoms with Gasteiger partial charge >= 0.3 is 0 Å². The van der Waals surface area contributed by atoms with Gasteiger partial charge in [-0.1, -0.05) is 146 Å². The van der Waals surface area contributed by atoms with E-state index in [1.54, 1.807) is 0 Å². The standard InChI is InChI=1S/C58H36N2O2/c1-2-16-39(17-3-1)60-51-25-9-6-19-44(51)47-23-13-24-48(57(47)60)49-34-35-52(56-50-21-8-11-27-54(50)62-58(49)56)59(41-32-33-46-45-20-7-10-26-53(45)61-55(46)36-41)40-30-28-38(29-31-40)43-22-12-15-37-14-4-5-18-42(37)43/h1-36H. The van der Waals surface area contributed by atoms with E-state index in [2.05, 4.69) is 216 Å². The molecule has 0 saturated heterocycles. The molecule has 0 radical (unpaired) electrons. The van der Waals surface area contributed by atoms with Crippen LogP contribution in [0.3, 0.4) is 0 Å². The summed E-state index contributed by atoms with van der Waals surface area (Å²) in [6, 6.07) is 77.9. The zero-order valence-electron chi connectivity index (χ0n) is 33.5. The highest BCUT2D eigenvalue weighted by Gasteiger charge is 2.25. The van der Waals surface area contributed by atoms with E-state index in [9.17, 15) is 0 Å². The molecule has 4 nitrogen and oxygen atoms in total. The van der Waals surface area contributed by atoms with Gasteiger partial charge in [0.2, 0.25) is 0 Å². The predicted molar refractivity (Wildman–Crippen MR) is 258 cm³/mol. The van der Waals surface area contributed by atoms with Crippen LogP contribution in [0, 0.1) is 0 Å². The number of aromatic nitrogens is 1. The van der Waals surface area contributed by atoms with Crippen LogP contribution in [0.2, 0.25) is 0 Å². The highest BCUT2D eigenvalue weighted by atomic mass is 16.3. The van der Waals surface area contributed by atoms with Crippen molar-refractivity contribution in [3.05, 3.63) is 218 Å². The minimum absolute atomic E-state index is 0.836. The first-order chi connectivity index (χ1) is 30.8. The van der Waals surface area contributed by atoms with Gasteiger partial charge < -0.3 is 18.3 Å². The maximum atomic E-state index is 7.04. The van der Waals surface area contributed by atoms with E-state index < -0.39 is 0 Å². The first-order valence-corrected chi connectivity index (χ1v) is 21.1. The van der Waals surface area contributed by atoms with Crippen molar-refractivity contribution in [2.24, 2.45) is 0 Å². The fourth-order valence-corrected chi connectivity index (χ4v) is 9.84. The number of rotatable bonds is 6. The number of hydrogen-bond donors (Lipinski definition) is 0. The molecule has 0 unspecified atom stereocenters. The van der Waals surface area contributed by atoms with Crippen molar-refractivity contribution in [3.63, 3.8) is 0 Å². The van der Waals surface area contributed by atoms with Crippen molar-refractivity contribution in [2.75, 3.05) is 4.90 Å². The Labute approximate surface area is 356 Å². The maximum Gasteiger partial charge on any atom is 0.145 e. The zero-order chi connectivity index (χ0) is 40.7. The van der Waals surface area contributed by atoms with Crippen molar-refractivity contribution in [1.29, 1.82) is 0 Å². The molecule has 0 saturated carbocycles. The van der Waals surface area contributed by atoms with Crippen LogP contribution in [0.1, 0.15) is 0 Å². The normalized spacial score (nSPS) is 11.9. The van der Waals surface area contributed by atoms with E-state index in [0.29, 0.717) is 0 Å². The van der Waals surface area contributed by atoms with Crippen LogP contribution in [0.5, 0.6) is 0 Å². The van der Waals surface area contributed by atoms with Gasteiger partial charge in [0.15, 0.2) is 0 Å². The number of benzene rings is 10. The molecule has 0 fully saturated rings. The van der Waals surface area contributed by atoms with Crippen molar-refractivity contribution in [2.45, 2.75) is 0 Å². The Morgan fingerprint density at radius 1 is 0.371 bits per heavy atom. The Hall–Kier alpha value is -8.34. The van der Waals surface area contributed by atoms with E-state index in [1.165, 1.54) is 27.1 Å². The molecule has 0 N–H and O–H groups in total. The Kier molecular flexibility index (Phi) is 7.57. The first kappa shape index (κ1) is 34.5. The van der Waals surface area contributed by atoms with Crippen molar-refractivity contribution in [3.8, 4) is 27.9 Å². The third-order valence-electron chi connectivity index (χ3n) is 12.6. The highest BCUT2D eigenvalue weighted by molar-refractivity contribution is 6.21. The second-order valence-electron chi connectivity index (χ2n) is 16.0. The lowest BCUT2D eigenvalue weighted by atomic mass is 9.97. The fourth-order valence-electron chi connectivity index (χ4n) is 9.84. The van der Waals surface area contributed by atoms with Crippen LogP contribution in [0.4, 0.5) is 17.1 Å². The smallest absolute Gasteiger partial charge is 0.145 e. The summed E-state index contributed by atoms with van der Waals surface area (Å²) in [4.78, 5) is 2.36. The molecule has 0 aliphatic carbocycles.